The van der Waals surface area contributed by atoms with Crippen molar-refractivity contribution in [2.45, 2.75) is 27.7 Å². The van der Waals surface area contributed by atoms with Crippen molar-refractivity contribution >= 4 is 0 Å². The first kappa shape index (κ1) is 8.54. The maximum Gasteiger partial charge on any atom is 0.0146 e. The van der Waals surface area contributed by atoms with E-state index in [0.717, 1.165) is 13.1 Å². The zero-order valence-corrected chi connectivity index (χ0v) is 6.94. The second-order valence-electron chi connectivity index (χ2n) is 2.10. The van der Waals surface area contributed by atoms with Crippen LogP contribution in [-0.2, 0) is 0 Å². The monoisotopic (exact) mass is 127 g/mol. The van der Waals surface area contributed by atoms with Crippen LogP contribution >= 0.6 is 0 Å². The molecule has 0 aromatic carbocycles. The third-order valence-corrected chi connectivity index (χ3v) is 1.68. The Morgan fingerprint density at radius 3 is 1.89 bits per heavy atom. The van der Waals surface area contributed by atoms with Gasteiger partial charge in [0.1, 0.15) is 0 Å². The summed E-state index contributed by atoms with van der Waals surface area (Å²) in [6.07, 6.45) is 2.15. The van der Waals surface area contributed by atoms with Crippen LogP contribution in [0.15, 0.2) is 11.8 Å². The third kappa shape index (κ3) is 2.54. The number of hydrogen-bond donors (Lipinski definition) is 0. The summed E-state index contributed by atoms with van der Waals surface area (Å²) in [6.45, 7) is 10.8. The van der Waals surface area contributed by atoms with E-state index < -0.39 is 0 Å². The molecule has 1 nitrogen and oxygen atoms in total. The Kier molecular flexibility index (Phi) is 4.20. The largest absolute Gasteiger partial charge is 0.376 e. The van der Waals surface area contributed by atoms with Gasteiger partial charge < -0.3 is 4.90 Å². The summed E-state index contributed by atoms with van der Waals surface area (Å²) in [5.41, 5.74) is 1.38. The Hall–Kier alpha value is -0.460. The van der Waals surface area contributed by atoms with Crippen LogP contribution in [0.25, 0.3) is 0 Å². The molecule has 0 aromatic rings. The van der Waals surface area contributed by atoms with Crippen LogP contribution in [-0.4, -0.2) is 18.0 Å². The molecule has 0 radical (unpaired) electrons. The Morgan fingerprint density at radius 2 is 1.78 bits per heavy atom. The normalized spacial score (nSPS) is 11.8. The van der Waals surface area contributed by atoms with E-state index in [1.165, 1.54) is 5.70 Å². The minimum absolute atomic E-state index is 1.12. The fourth-order valence-electron chi connectivity index (χ4n) is 0.905. The third-order valence-electron chi connectivity index (χ3n) is 1.68. The Labute approximate surface area is 58.4 Å². The molecule has 0 spiro atoms. The summed E-state index contributed by atoms with van der Waals surface area (Å²) < 4.78 is 0. The van der Waals surface area contributed by atoms with Gasteiger partial charge in [0.2, 0.25) is 0 Å². The van der Waals surface area contributed by atoms with Crippen LogP contribution in [0.5, 0.6) is 0 Å². The molecule has 0 bridgehead atoms. The van der Waals surface area contributed by atoms with Crippen LogP contribution in [0.2, 0.25) is 0 Å². The summed E-state index contributed by atoms with van der Waals surface area (Å²) in [5, 5.41) is 0. The van der Waals surface area contributed by atoms with Crippen molar-refractivity contribution in [3.8, 4) is 0 Å². The number of hydrogen-bond acceptors (Lipinski definition) is 1. The zero-order chi connectivity index (χ0) is 7.28. The van der Waals surface area contributed by atoms with Crippen LogP contribution in [0.1, 0.15) is 27.7 Å². The Balaban J connectivity index is 3.79. The zero-order valence-electron chi connectivity index (χ0n) is 6.94. The molecule has 9 heavy (non-hydrogen) atoms. The highest BCUT2D eigenvalue weighted by molar-refractivity contribution is 4.93. The summed E-state index contributed by atoms with van der Waals surface area (Å²) in [5.74, 6) is 0. The Morgan fingerprint density at radius 1 is 1.33 bits per heavy atom. The lowest BCUT2D eigenvalue weighted by molar-refractivity contribution is 0.383. The average Bonchev–Trinajstić information content (AvgIpc) is 1.90. The van der Waals surface area contributed by atoms with Gasteiger partial charge in [0.05, 0.1) is 0 Å². The van der Waals surface area contributed by atoms with E-state index in [-0.39, 0.29) is 0 Å². The highest BCUT2D eigenvalue weighted by Crippen LogP contribution is 2.00. The number of nitrogens with zero attached hydrogens (tertiary/aromatic N) is 1. The molecule has 0 rings (SSSR count). The molecule has 0 unspecified atom stereocenters. The fourth-order valence-corrected chi connectivity index (χ4v) is 0.905. The molecular weight excluding hydrogens is 110 g/mol. The molecule has 54 valence electrons. The number of rotatable bonds is 3. The molecule has 0 amide bonds. The first-order valence-corrected chi connectivity index (χ1v) is 3.64. The summed E-state index contributed by atoms with van der Waals surface area (Å²) in [7, 11) is 0. The molecule has 0 aliphatic carbocycles. The Bertz CT molecular complexity index is 90.7. The SMILES string of the molecule is C/C=C(\C)N(CC)CC. The van der Waals surface area contributed by atoms with Gasteiger partial charge in [-0.15, -0.1) is 0 Å². The summed E-state index contributed by atoms with van der Waals surface area (Å²) in [4.78, 5) is 2.33. The van der Waals surface area contributed by atoms with Crippen molar-refractivity contribution in [1.82, 2.24) is 4.90 Å². The minimum Gasteiger partial charge on any atom is -0.376 e. The van der Waals surface area contributed by atoms with Gasteiger partial charge in [0, 0.05) is 18.8 Å². The quantitative estimate of drug-likeness (QED) is 0.562. The van der Waals surface area contributed by atoms with E-state index in [4.69, 9.17) is 0 Å². The lowest BCUT2D eigenvalue weighted by Gasteiger charge is -2.20. The van der Waals surface area contributed by atoms with Gasteiger partial charge in [-0.2, -0.15) is 0 Å². The maximum absolute atomic E-state index is 2.33. The van der Waals surface area contributed by atoms with Crippen molar-refractivity contribution in [3.63, 3.8) is 0 Å². The number of allylic oxidation sites excluding steroid dienone is 2. The van der Waals surface area contributed by atoms with E-state index in [0.29, 0.717) is 0 Å². The molecular formula is C8H17N. The highest BCUT2D eigenvalue weighted by atomic mass is 15.1. The topological polar surface area (TPSA) is 3.24 Å². The summed E-state index contributed by atoms with van der Waals surface area (Å²) in [6, 6.07) is 0. The molecule has 0 N–H and O–H groups in total. The van der Waals surface area contributed by atoms with E-state index in [1.54, 1.807) is 0 Å². The molecule has 0 fully saturated rings. The van der Waals surface area contributed by atoms with Crippen LogP contribution in [0.4, 0.5) is 0 Å². The lowest BCUT2D eigenvalue weighted by Crippen LogP contribution is -2.20. The van der Waals surface area contributed by atoms with Gasteiger partial charge in [0.25, 0.3) is 0 Å². The predicted molar refractivity (Wildman–Crippen MR) is 42.4 cm³/mol. The van der Waals surface area contributed by atoms with Gasteiger partial charge in [-0.3, -0.25) is 0 Å². The first-order valence-electron chi connectivity index (χ1n) is 3.64. The van der Waals surface area contributed by atoms with Gasteiger partial charge in [-0.05, 0) is 27.7 Å². The predicted octanol–water partition coefficient (Wildman–Crippen LogP) is 2.25. The standard InChI is InChI=1S/C8H17N/c1-5-8(4)9(6-2)7-3/h5H,6-7H2,1-4H3/b8-5+. The van der Waals surface area contributed by atoms with Crippen LogP contribution in [0, 0.1) is 0 Å². The van der Waals surface area contributed by atoms with Crippen molar-refractivity contribution in [2.75, 3.05) is 13.1 Å². The van der Waals surface area contributed by atoms with E-state index >= 15 is 0 Å². The average molecular weight is 127 g/mol. The molecule has 0 aromatic heterocycles. The van der Waals surface area contributed by atoms with Crippen molar-refractivity contribution in [2.24, 2.45) is 0 Å². The molecule has 0 heterocycles. The molecule has 0 aliphatic heterocycles. The van der Waals surface area contributed by atoms with Crippen LogP contribution < -0.4 is 0 Å². The van der Waals surface area contributed by atoms with Gasteiger partial charge in [-0.1, -0.05) is 6.08 Å². The first-order chi connectivity index (χ1) is 4.26. The second-order valence-corrected chi connectivity index (χ2v) is 2.10. The van der Waals surface area contributed by atoms with Crippen LogP contribution in [0.3, 0.4) is 0 Å². The van der Waals surface area contributed by atoms with Crippen molar-refractivity contribution in [1.29, 1.82) is 0 Å². The van der Waals surface area contributed by atoms with Gasteiger partial charge in [0.15, 0.2) is 0 Å². The minimum atomic E-state index is 1.12. The van der Waals surface area contributed by atoms with Gasteiger partial charge in [-0.25, -0.2) is 0 Å². The maximum atomic E-state index is 2.33. The molecule has 0 aliphatic rings. The van der Waals surface area contributed by atoms with E-state index in [2.05, 4.69) is 38.7 Å². The molecule has 0 saturated heterocycles. The van der Waals surface area contributed by atoms with Crippen molar-refractivity contribution in [3.05, 3.63) is 11.8 Å². The fraction of sp³-hybridized carbons (Fsp3) is 0.750. The smallest absolute Gasteiger partial charge is 0.0146 e. The molecule has 0 saturated carbocycles. The summed E-state index contributed by atoms with van der Waals surface area (Å²) >= 11 is 0. The molecule has 1 heteroatoms. The highest BCUT2D eigenvalue weighted by Gasteiger charge is 1.95. The van der Waals surface area contributed by atoms with Gasteiger partial charge >= 0.3 is 0 Å². The molecule has 0 atom stereocenters. The van der Waals surface area contributed by atoms with Crippen molar-refractivity contribution < 1.29 is 0 Å². The second kappa shape index (κ2) is 4.42. The lowest BCUT2D eigenvalue weighted by atomic mass is 10.4. The van der Waals surface area contributed by atoms with E-state index in [9.17, 15) is 0 Å². The van der Waals surface area contributed by atoms with E-state index in [1.807, 2.05) is 0 Å².